The lowest BCUT2D eigenvalue weighted by Crippen LogP contribution is -2.33. The first-order chi connectivity index (χ1) is 13.2. The molecule has 4 rings (SSSR count). The lowest BCUT2D eigenvalue weighted by atomic mass is 10.1. The van der Waals surface area contributed by atoms with E-state index in [0.29, 0.717) is 16.8 Å². The van der Waals surface area contributed by atoms with E-state index in [-0.39, 0.29) is 5.39 Å². The molecule has 0 atom stereocenters. The first-order valence-electron chi connectivity index (χ1n) is 8.00. The van der Waals surface area contributed by atoms with E-state index in [9.17, 15) is 9.59 Å². The predicted octanol–water partition coefficient (Wildman–Crippen LogP) is 1.84. The number of carbonyl (C=O) groups excluding carboxylic acids is 1. The summed E-state index contributed by atoms with van der Waals surface area (Å²) in [6.45, 7) is 0. The number of para-hydroxylation sites is 1. The molecule has 0 unspecified atom stereocenters. The van der Waals surface area contributed by atoms with Gasteiger partial charge in [0.1, 0.15) is 11.7 Å². The van der Waals surface area contributed by atoms with E-state index in [2.05, 4.69) is 15.5 Å². The van der Waals surface area contributed by atoms with E-state index in [1.54, 1.807) is 4.68 Å². The Bertz CT molecular complexity index is 1230. The molecule has 1 N–H and O–H groups in total. The van der Waals surface area contributed by atoms with Crippen molar-refractivity contribution >= 4 is 16.9 Å². The van der Waals surface area contributed by atoms with Crippen LogP contribution in [0.5, 0.6) is 0 Å². The van der Waals surface area contributed by atoms with Crippen LogP contribution in [0.1, 0.15) is 15.9 Å². The summed E-state index contributed by atoms with van der Waals surface area (Å²) in [4.78, 5) is 29.2. The van der Waals surface area contributed by atoms with E-state index in [0.717, 1.165) is 10.4 Å². The zero-order valence-electron chi connectivity index (χ0n) is 13.9. The van der Waals surface area contributed by atoms with Gasteiger partial charge in [0.15, 0.2) is 5.65 Å². The van der Waals surface area contributed by atoms with E-state index < -0.39 is 11.5 Å². The van der Waals surface area contributed by atoms with Crippen molar-refractivity contribution in [1.82, 2.24) is 19.4 Å². The Kier molecular flexibility index (Phi) is 3.95. The molecule has 0 bridgehead atoms. The van der Waals surface area contributed by atoms with Gasteiger partial charge in [-0.15, -0.1) is 0 Å². The van der Waals surface area contributed by atoms with Crippen LogP contribution in [-0.4, -0.2) is 25.3 Å². The van der Waals surface area contributed by atoms with Gasteiger partial charge < -0.3 is 0 Å². The molecule has 130 valence electrons. The fourth-order valence-corrected chi connectivity index (χ4v) is 2.62. The highest BCUT2D eigenvalue weighted by Gasteiger charge is 2.13. The van der Waals surface area contributed by atoms with Crippen molar-refractivity contribution in [3.8, 4) is 11.8 Å². The number of hydrogen-bond donors (Lipinski definition) is 1. The molecule has 0 aliphatic carbocycles. The first kappa shape index (κ1) is 16.2. The zero-order valence-corrected chi connectivity index (χ0v) is 13.9. The van der Waals surface area contributed by atoms with Crippen molar-refractivity contribution < 1.29 is 4.79 Å². The van der Waals surface area contributed by atoms with Crippen LogP contribution in [-0.2, 0) is 0 Å². The Labute approximate surface area is 152 Å². The molecule has 2 aromatic carbocycles. The fourth-order valence-electron chi connectivity index (χ4n) is 2.62. The van der Waals surface area contributed by atoms with Gasteiger partial charge >= 0.3 is 0 Å². The summed E-state index contributed by atoms with van der Waals surface area (Å²) in [6.07, 6.45) is 2.66. The molecule has 0 radical (unpaired) electrons. The molecule has 1 amide bonds. The quantitative estimate of drug-likeness (QED) is 0.603. The molecule has 0 aliphatic heterocycles. The SMILES string of the molecule is N#Cc1ccc(C(=O)Nn2cnc3c(cnn3-c3ccccc3)c2=O)cc1. The van der Waals surface area contributed by atoms with E-state index in [1.807, 2.05) is 36.4 Å². The summed E-state index contributed by atoms with van der Waals surface area (Å²) in [7, 11) is 0. The molecule has 2 aromatic heterocycles. The smallest absolute Gasteiger partial charge is 0.267 e. The molecule has 0 saturated heterocycles. The Balaban J connectivity index is 1.67. The Hall–Kier alpha value is -4.25. The summed E-state index contributed by atoms with van der Waals surface area (Å²) in [5, 5.41) is 13.3. The Morgan fingerprint density at radius 3 is 2.52 bits per heavy atom. The van der Waals surface area contributed by atoms with Crippen molar-refractivity contribution in [2.45, 2.75) is 0 Å². The number of nitrogens with zero attached hydrogens (tertiary/aromatic N) is 5. The number of carbonyl (C=O) groups is 1. The minimum atomic E-state index is -0.488. The van der Waals surface area contributed by atoms with Crippen LogP contribution >= 0.6 is 0 Å². The van der Waals surface area contributed by atoms with E-state index in [4.69, 9.17) is 5.26 Å². The summed E-state index contributed by atoms with van der Waals surface area (Å²) in [5.41, 5.74) is 3.99. The molecule has 8 heteroatoms. The highest BCUT2D eigenvalue weighted by Crippen LogP contribution is 2.12. The first-order valence-corrected chi connectivity index (χ1v) is 8.00. The number of benzene rings is 2. The monoisotopic (exact) mass is 356 g/mol. The van der Waals surface area contributed by atoms with Crippen molar-refractivity contribution in [1.29, 1.82) is 5.26 Å². The highest BCUT2D eigenvalue weighted by atomic mass is 16.2. The third-order valence-electron chi connectivity index (χ3n) is 3.99. The lowest BCUT2D eigenvalue weighted by molar-refractivity contribution is 0.101. The molecule has 0 aliphatic rings. The second-order valence-electron chi connectivity index (χ2n) is 5.68. The van der Waals surface area contributed by atoms with E-state index in [1.165, 1.54) is 36.8 Å². The van der Waals surface area contributed by atoms with Gasteiger partial charge in [0.05, 0.1) is 23.5 Å². The van der Waals surface area contributed by atoms with Crippen LogP contribution in [0.15, 0.2) is 71.9 Å². The maximum absolute atomic E-state index is 12.7. The molecule has 0 fully saturated rings. The summed E-state index contributed by atoms with van der Waals surface area (Å²) in [6, 6.07) is 17.4. The molecule has 0 spiro atoms. The molecular weight excluding hydrogens is 344 g/mol. The summed E-state index contributed by atoms with van der Waals surface area (Å²) < 4.78 is 2.57. The average molecular weight is 356 g/mol. The van der Waals surface area contributed by atoms with Crippen molar-refractivity contribution in [3.05, 3.63) is 88.6 Å². The minimum absolute atomic E-state index is 0.279. The third-order valence-corrected chi connectivity index (χ3v) is 3.99. The van der Waals surface area contributed by atoms with Crippen molar-refractivity contribution in [3.63, 3.8) is 0 Å². The topological polar surface area (TPSA) is 106 Å². The second-order valence-corrected chi connectivity index (χ2v) is 5.68. The van der Waals surface area contributed by atoms with Crippen LogP contribution in [0.3, 0.4) is 0 Å². The average Bonchev–Trinajstić information content (AvgIpc) is 3.15. The van der Waals surface area contributed by atoms with Gasteiger partial charge in [-0.1, -0.05) is 18.2 Å². The maximum Gasteiger partial charge on any atom is 0.283 e. The zero-order chi connectivity index (χ0) is 18.8. The van der Waals surface area contributed by atoms with Crippen molar-refractivity contribution in [2.75, 3.05) is 5.43 Å². The van der Waals surface area contributed by atoms with Gasteiger partial charge in [-0.05, 0) is 36.4 Å². The summed E-state index contributed by atoms with van der Waals surface area (Å²) in [5.74, 6) is -0.488. The van der Waals surface area contributed by atoms with Gasteiger partial charge in [-0.2, -0.15) is 10.4 Å². The van der Waals surface area contributed by atoms with E-state index >= 15 is 0 Å². The van der Waals surface area contributed by atoms with Crippen LogP contribution in [0.4, 0.5) is 0 Å². The minimum Gasteiger partial charge on any atom is -0.267 e. The number of amides is 1. The normalized spacial score (nSPS) is 10.5. The van der Waals surface area contributed by atoms with Crippen LogP contribution < -0.4 is 11.0 Å². The Morgan fingerprint density at radius 1 is 1.07 bits per heavy atom. The van der Waals surface area contributed by atoms with Crippen LogP contribution in [0.25, 0.3) is 16.7 Å². The van der Waals surface area contributed by atoms with Gasteiger partial charge in [0.25, 0.3) is 11.5 Å². The molecular formula is C19H12N6O2. The molecule has 8 nitrogen and oxygen atoms in total. The van der Waals surface area contributed by atoms with Crippen molar-refractivity contribution in [2.24, 2.45) is 0 Å². The predicted molar refractivity (Wildman–Crippen MR) is 98.0 cm³/mol. The van der Waals surface area contributed by atoms with Crippen LogP contribution in [0, 0.1) is 11.3 Å². The standard InChI is InChI=1S/C19H12N6O2/c20-10-13-6-8-14(9-7-13)18(26)23-24-12-21-17-16(19(24)27)11-22-25(17)15-4-2-1-3-5-15/h1-9,11-12H,(H,23,26). The largest absolute Gasteiger partial charge is 0.283 e. The number of fused-ring (bicyclic) bond motifs is 1. The molecule has 27 heavy (non-hydrogen) atoms. The molecule has 0 saturated carbocycles. The lowest BCUT2D eigenvalue weighted by Gasteiger charge is -2.08. The Morgan fingerprint density at radius 2 is 1.81 bits per heavy atom. The van der Waals surface area contributed by atoms with Gasteiger partial charge in [0.2, 0.25) is 0 Å². The number of hydrogen-bond acceptors (Lipinski definition) is 5. The highest BCUT2D eigenvalue weighted by molar-refractivity contribution is 6.00. The van der Waals surface area contributed by atoms with Gasteiger partial charge in [0, 0.05) is 5.56 Å². The number of nitriles is 1. The van der Waals surface area contributed by atoms with Gasteiger partial charge in [-0.25, -0.2) is 14.3 Å². The van der Waals surface area contributed by atoms with Crippen LogP contribution in [0.2, 0.25) is 0 Å². The fraction of sp³-hybridized carbons (Fsp3) is 0. The molecule has 4 aromatic rings. The second kappa shape index (κ2) is 6.57. The maximum atomic E-state index is 12.7. The number of rotatable bonds is 3. The molecule has 2 heterocycles. The summed E-state index contributed by atoms with van der Waals surface area (Å²) >= 11 is 0. The third kappa shape index (κ3) is 2.94. The van der Waals surface area contributed by atoms with Gasteiger partial charge in [-0.3, -0.25) is 15.0 Å². The number of nitrogens with one attached hydrogen (secondary N) is 1. The number of aromatic nitrogens is 4.